The second-order valence-corrected chi connectivity index (χ2v) is 8.20. The molecule has 0 radical (unpaired) electrons. The number of rotatable bonds is 10. The number of benzene rings is 1. The highest BCUT2D eigenvalue weighted by atomic mass is 16.5. The molecule has 164 valence electrons. The fourth-order valence-corrected chi connectivity index (χ4v) is 4.20. The quantitative estimate of drug-likeness (QED) is 0.488. The van der Waals surface area contributed by atoms with Gasteiger partial charge in [0.1, 0.15) is 17.9 Å². The lowest BCUT2D eigenvalue weighted by molar-refractivity contribution is -0.122. The van der Waals surface area contributed by atoms with E-state index in [1.165, 1.54) is 5.56 Å². The molecule has 0 aliphatic heterocycles. The van der Waals surface area contributed by atoms with Gasteiger partial charge in [0, 0.05) is 31.8 Å². The van der Waals surface area contributed by atoms with Crippen molar-refractivity contribution in [3.05, 3.63) is 53.5 Å². The van der Waals surface area contributed by atoms with Crippen LogP contribution in [-0.4, -0.2) is 33.6 Å². The number of ether oxygens (including phenoxy) is 1. The topological polar surface area (TPSA) is 95.1 Å². The summed E-state index contributed by atoms with van der Waals surface area (Å²) in [7, 11) is 0. The standard InChI is InChI=1S/C24H31N5O2/c1-3-31-15-20-28-21-22(16(2)14-27-23(21)25)29(20)12-8-7-11-26-24(30)19-13-18(19)17-9-5-4-6-10-17/h4-6,9-10,14,18-19H,3,7-8,11-13,15H2,1-2H3,(H2,25,27)(H,26,30)/t18?,19-/m1/s1. The van der Waals surface area contributed by atoms with Crippen LogP contribution in [0.25, 0.3) is 11.0 Å². The Labute approximate surface area is 183 Å². The van der Waals surface area contributed by atoms with Crippen LogP contribution in [0.4, 0.5) is 5.82 Å². The number of pyridine rings is 1. The van der Waals surface area contributed by atoms with Crippen LogP contribution in [0.5, 0.6) is 0 Å². The van der Waals surface area contributed by atoms with E-state index in [4.69, 9.17) is 10.5 Å². The van der Waals surface area contributed by atoms with E-state index in [0.29, 0.717) is 31.5 Å². The molecular formula is C24H31N5O2. The van der Waals surface area contributed by atoms with Crippen LogP contribution in [0, 0.1) is 12.8 Å². The van der Waals surface area contributed by atoms with Crippen molar-refractivity contribution < 1.29 is 9.53 Å². The lowest BCUT2D eigenvalue weighted by atomic mass is 10.1. The maximum absolute atomic E-state index is 12.4. The summed E-state index contributed by atoms with van der Waals surface area (Å²) in [4.78, 5) is 21.4. The Morgan fingerprint density at radius 2 is 2.10 bits per heavy atom. The second-order valence-electron chi connectivity index (χ2n) is 8.20. The molecule has 1 unspecified atom stereocenters. The summed E-state index contributed by atoms with van der Waals surface area (Å²) in [6.45, 7) is 6.56. The van der Waals surface area contributed by atoms with Gasteiger partial charge >= 0.3 is 0 Å². The van der Waals surface area contributed by atoms with Crippen LogP contribution in [0.3, 0.4) is 0 Å². The van der Waals surface area contributed by atoms with Gasteiger partial charge in [-0.15, -0.1) is 0 Å². The van der Waals surface area contributed by atoms with Crippen LogP contribution in [-0.2, 0) is 22.7 Å². The number of hydrogen-bond donors (Lipinski definition) is 2. The van der Waals surface area contributed by atoms with E-state index in [1.54, 1.807) is 6.20 Å². The Kier molecular flexibility index (Phi) is 6.51. The number of carbonyl (C=O) groups is 1. The molecule has 3 N–H and O–H groups in total. The van der Waals surface area contributed by atoms with Crippen LogP contribution < -0.4 is 11.1 Å². The fourth-order valence-electron chi connectivity index (χ4n) is 4.20. The van der Waals surface area contributed by atoms with Crippen molar-refractivity contribution in [3.8, 4) is 0 Å². The van der Waals surface area contributed by atoms with Crippen molar-refractivity contribution in [2.45, 2.75) is 52.2 Å². The number of carbonyl (C=O) groups excluding carboxylic acids is 1. The number of aryl methyl sites for hydroxylation is 2. The first-order chi connectivity index (χ1) is 15.1. The predicted molar refractivity (Wildman–Crippen MR) is 122 cm³/mol. The summed E-state index contributed by atoms with van der Waals surface area (Å²) < 4.78 is 7.79. The van der Waals surface area contributed by atoms with E-state index in [-0.39, 0.29) is 11.8 Å². The van der Waals surface area contributed by atoms with E-state index in [1.807, 2.05) is 32.0 Å². The molecule has 1 saturated carbocycles. The second kappa shape index (κ2) is 9.47. The first-order valence-electron chi connectivity index (χ1n) is 11.1. The number of fused-ring (bicyclic) bond motifs is 1. The predicted octanol–water partition coefficient (Wildman–Crippen LogP) is 3.56. The van der Waals surface area contributed by atoms with E-state index in [0.717, 1.165) is 48.2 Å². The minimum atomic E-state index is 0.121. The Hall–Kier alpha value is -2.93. The average Bonchev–Trinajstić information content (AvgIpc) is 3.50. The first kappa shape index (κ1) is 21.3. The van der Waals surface area contributed by atoms with Crippen molar-refractivity contribution in [3.63, 3.8) is 0 Å². The number of unbranched alkanes of at least 4 members (excludes halogenated alkanes) is 1. The minimum Gasteiger partial charge on any atom is -0.382 e. The van der Waals surface area contributed by atoms with Gasteiger partial charge in [-0.25, -0.2) is 9.97 Å². The molecule has 2 atom stereocenters. The number of nitrogen functional groups attached to an aromatic ring is 1. The Morgan fingerprint density at radius 1 is 1.29 bits per heavy atom. The van der Waals surface area contributed by atoms with Crippen LogP contribution in [0.1, 0.15) is 49.1 Å². The highest BCUT2D eigenvalue weighted by molar-refractivity contribution is 5.87. The molecule has 1 amide bonds. The number of nitrogens with zero attached hydrogens (tertiary/aromatic N) is 3. The molecule has 1 fully saturated rings. The summed E-state index contributed by atoms with van der Waals surface area (Å²) in [6.07, 6.45) is 4.58. The van der Waals surface area contributed by atoms with E-state index in [2.05, 4.69) is 32.0 Å². The number of anilines is 1. The molecule has 7 nitrogen and oxygen atoms in total. The van der Waals surface area contributed by atoms with Crippen LogP contribution in [0.2, 0.25) is 0 Å². The number of amides is 1. The number of aromatic nitrogens is 3. The highest BCUT2D eigenvalue weighted by Gasteiger charge is 2.43. The van der Waals surface area contributed by atoms with E-state index >= 15 is 0 Å². The molecule has 31 heavy (non-hydrogen) atoms. The lowest BCUT2D eigenvalue weighted by Crippen LogP contribution is -2.26. The number of nitrogens with one attached hydrogen (secondary N) is 1. The molecule has 1 aromatic carbocycles. The number of nitrogens with two attached hydrogens (primary N) is 1. The Balaban J connectivity index is 1.30. The van der Waals surface area contributed by atoms with Crippen molar-refractivity contribution in [1.29, 1.82) is 0 Å². The third kappa shape index (κ3) is 4.71. The van der Waals surface area contributed by atoms with Gasteiger partial charge in [0.25, 0.3) is 0 Å². The number of imidazole rings is 1. The van der Waals surface area contributed by atoms with Crippen molar-refractivity contribution >= 4 is 22.8 Å². The van der Waals surface area contributed by atoms with E-state index in [9.17, 15) is 4.79 Å². The third-order valence-electron chi connectivity index (χ3n) is 5.96. The average molecular weight is 422 g/mol. The van der Waals surface area contributed by atoms with Crippen molar-refractivity contribution in [1.82, 2.24) is 19.9 Å². The van der Waals surface area contributed by atoms with Gasteiger partial charge in [-0.05, 0) is 50.2 Å². The summed E-state index contributed by atoms with van der Waals surface area (Å²) in [5, 5.41) is 3.11. The fraction of sp³-hybridized carbons (Fsp3) is 0.458. The van der Waals surface area contributed by atoms with Gasteiger partial charge in [-0.2, -0.15) is 0 Å². The van der Waals surface area contributed by atoms with Gasteiger partial charge < -0.3 is 20.4 Å². The van der Waals surface area contributed by atoms with E-state index < -0.39 is 0 Å². The van der Waals surface area contributed by atoms with Crippen LogP contribution in [0.15, 0.2) is 36.5 Å². The van der Waals surface area contributed by atoms with Gasteiger partial charge in [-0.1, -0.05) is 30.3 Å². The first-order valence-corrected chi connectivity index (χ1v) is 11.1. The molecule has 0 bridgehead atoms. The summed E-state index contributed by atoms with van der Waals surface area (Å²) >= 11 is 0. The minimum absolute atomic E-state index is 0.121. The van der Waals surface area contributed by atoms with Gasteiger partial charge in [-0.3, -0.25) is 4.79 Å². The third-order valence-corrected chi connectivity index (χ3v) is 5.96. The molecule has 7 heteroatoms. The van der Waals surface area contributed by atoms with Gasteiger partial charge in [0.05, 0.1) is 5.52 Å². The molecule has 1 aliphatic carbocycles. The largest absolute Gasteiger partial charge is 0.382 e. The van der Waals surface area contributed by atoms with Crippen molar-refractivity contribution in [2.75, 3.05) is 18.9 Å². The summed E-state index contributed by atoms with van der Waals surface area (Å²) in [5.41, 5.74) is 10.1. The maximum atomic E-state index is 12.4. The van der Waals surface area contributed by atoms with Crippen LogP contribution >= 0.6 is 0 Å². The zero-order valence-electron chi connectivity index (χ0n) is 18.3. The Morgan fingerprint density at radius 3 is 2.87 bits per heavy atom. The normalized spacial score (nSPS) is 17.7. The molecule has 1 aliphatic rings. The molecule has 3 aromatic rings. The van der Waals surface area contributed by atoms with Gasteiger partial charge in [0.2, 0.25) is 5.91 Å². The highest BCUT2D eigenvalue weighted by Crippen LogP contribution is 2.47. The molecular weight excluding hydrogens is 390 g/mol. The molecule has 4 rings (SSSR count). The smallest absolute Gasteiger partial charge is 0.223 e. The SMILES string of the molecule is CCOCc1nc2c(N)ncc(C)c2n1CCCCNC(=O)[C@@H]1CC1c1ccccc1. The number of hydrogen-bond acceptors (Lipinski definition) is 5. The summed E-state index contributed by atoms with van der Waals surface area (Å²) in [6, 6.07) is 10.3. The summed E-state index contributed by atoms with van der Waals surface area (Å²) in [5.74, 6) is 1.99. The zero-order valence-corrected chi connectivity index (χ0v) is 18.3. The zero-order chi connectivity index (χ0) is 21.8. The molecule has 0 spiro atoms. The molecule has 2 aromatic heterocycles. The van der Waals surface area contributed by atoms with Gasteiger partial charge in [0.15, 0.2) is 5.82 Å². The molecule has 0 saturated heterocycles. The lowest BCUT2D eigenvalue weighted by Gasteiger charge is -2.11. The maximum Gasteiger partial charge on any atom is 0.223 e. The molecule has 2 heterocycles. The van der Waals surface area contributed by atoms with Crippen molar-refractivity contribution in [2.24, 2.45) is 5.92 Å². The monoisotopic (exact) mass is 421 g/mol. The Bertz CT molecular complexity index is 1050.